The van der Waals surface area contributed by atoms with Crippen molar-refractivity contribution in [3.05, 3.63) is 89.5 Å². The van der Waals surface area contributed by atoms with Crippen molar-refractivity contribution in [1.29, 1.82) is 0 Å². The molecular weight excluding hydrogens is 426 g/mol. The molecule has 0 aliphatic rings. The zero-order chi connectivity index (χ0) is 23.4. The van der Waals surface area contributed by atoms with Crippen LogP contribution < -0.4 is 5.32 Å². The first-order chi connectivity index (χ1) is 15.9. The van der Waals surface area contributed by atoms with Gasteiger partial charge in [0.25, 0.3) is 0 Å². The van der Waals surface area contributed by atoms with Crippen LogP contribution >= 0.6 is 11.8 Å². The van der Waals surface area contributed by atoms with Crippen molar-refractivity contribution in [3.8, 4) is 22.5 Å². The van der Waals surface area contributed by atoms with Gasteiger partial charge < -0.3 is 10.3 Å². The Morgan fingerprint density at radius 3 is 2.03 bits per heavy atom. The van der Waals surface area contributed by atoms with Gasteiger partial charge in [-0.2, -0.15) is 0 Å². The van der Waals surface area contributed by atoms with Crippen LogP contribution in [0.3, 0.4) is 0 Å². The molecule has 0 fully saturated rings. The molecule has 33 heavy (non-hydrogen) atoms. The lowest BCUT2D eigenvalue weighted by molar-refractivity contribution is -0.113. The Hall–Kier alpha value is -3.31. The first kappa shape index (κ1) is 22.9. The molecule has 5 heteroatoms. The van der Waals surface area contributed by atoms with Crippen molar-refractivity contribution in [1.82, 2.24) is 9.97 Å². The first-order valence-corrected chi connectivity index (χ1v) is 12.1. The largest absolute Gasteiger partial charge is 0.332 e. The number of carbonyl (C=O) groups is 1. The number of nitrogens with zero attached hydrogens (tertiary/aromatic N) is 1. The number of imidazole rings is 1. The highest BCUT2D eigenvalue weighted by Gasteiger charge is 2.16. The molecule has 0 saturated heterocycles. The summed E-state index contributed by atoms with van der Waals surface area (Å²) in [7, 11) is 0. The maximum atomic E-state index is 12.5. The fourth-order valence-electron chi connectivity index (χ4n) is 3.55. The predicted octanol–water partition coefficient (Wildman–Crippen LogP) is 7.21. The van der Waals surface area contributed by atoms with Gasteiger partial charge in [-0.3, -0.25) is 4.79 Å². The van der Waals surface area contributed by atoms with Gasteiger partial charge in [0.2, 0.25) is 5.91 Å². The second-order valence-corrected chi connectivity index (χ2v) is 9.58. The lowest BCUT2D eigenvalue weighted by atomic mass is 10.0. The van der Waals surface area contributed by atoms with Gasteiger partial charge in [0, 0.05) is 16.8 Å². The Morgan fingerprint density at radius 2 is 1.45 bits per heavy atom. The maximum absolute atomic E-state index is 12.5. The molecule has 0 bridgehead atoms. The number of carbonyl (C=O) groups excluding carboxylic acids is 1. The van der Waals surface area contributed by atoms with E-state index >= 15 is 0 Å². The quantitative estimate of drug-likeness (QED) is 0.289. The number of H-pyrrole nitrogens is 1. The lowest BCUT2D eigenvalue weighted by Crippen LogP contribution is -2.14. The summed E-state index contributed by atoms with van der Waals surface area (Å²) in [6.45, 7) is 8.46. The van der Waals surface area contributed by atoms with Crippen molar-refractivity contribution in [2.45, 2.75) is 38.8 Å². The molecule has 0 radical (unpaired) electrons. The van der Waals surface area contributed by atoms with Crippen molar-refractivity contribution in [3.63, 3.8) is 0 Å². The van der Waals surface area contributed by atoms with Crippen LogP contribution in [0, 0.1) is 13.8 Å². The number of thioether (sulfide) groups is 1. The van der Waals surface area contributed by atoms with Gasteiger partial charge in [-0.1, -0.05) is 97.4 Å². The van der Waals surface area contributed by atoms with Crippen LogP contribution in [-0.4, -0.2) is 21.6 Å². The van der Waals surface area contributed by atoms with Crippen LogP contribution in [0.4, 0.5) is 5.69 Å². The number of hydrogen-bond acceptors (Lipinski definition) is 3. The Kier molecular flexibility index (Phi) is 6.99. The summed E-state index contributed by atoms with van der Waals surface area (Å²) in [5.74, 6) is 0.692. The third-order valence-corrected chi connectivity index (χ3v) is 6.42. The van der Waals surface area contributed by atoms with E-state index in [1.165, 1.54) is 28.5 Å². The van der Waals surface area contributed by atoms with E-state index in [1.54, 1.807) is 0 Å². The van der Waals surface area contributed by atoms with Gasteiger partial charge in [-0.25, -0.2) is 4.98 Å². The number of aromatic nitrogens is 2. The molecule has 0 atom stereocenters. The van der Waals surface area contributed by atoms with E-state index in [1.807, 2.05) is 12.1 Å². The smallest absolute Gasteiger partial charge is 0.234 e. The normalized spacial score (nSPS) is 11.1. The van der Waals surface area contributed by atoms with Gasteiger partial charge in [-0.05, 0) is 37.5 Å². The van der Waals surface area contributed by atoms with E-state index in [2.05, 4.69) is 98.7 Å². The van der Waals surface area contributed by atoms with Crippen molar-refractivity contribution >= 4 is 23.4 Å². The topological polar surface area (TPSA) is 57.8 Å². The number of rotatable bonds is 7. The molecule has 168 valence electrons. The van der Waals surface area contributed by atoms with Gasteiger partial charge >= 0.3 is 0 Å². The molecule has 0 saturated carbocycles. The van der Waals surface area contributed by atoms with Crippen LogP contribution in [0.1, 0.15) is 36.5 Å². The second-order valence-electron chi connectivity index (χ2n) is 8.61. The van der Waals surface area contributed by atoms with Crippen molar-refractivity contribution in [2.24, 2.45) is 0 Å². The van der Waals surface area contributed by atoms with E-state index in [0.29, 0.717) is 5.92 Å². The highest BCUT2D eigenvalue weighted by molar-refractivity contribution is 7.99. The van der Waals surface area contributed by atoms with Gasteiger partial charge in [0.1, 0.15) is 0 Å². The Morgan fingerprint density at radius 1 is 0.879 bits per heavy atom. The zero-order valence-corrected chi connectivity index (χ0v) is 20.3. The molecule has 0 unspecified atom stereocenters. The zero-order valence-electron chi connectivity index (χ0n) is 19.5. The van der Waals surface area contributed by atoms with Crippen LogP contribution in [0.2, 0.25) is 0 Å². The summed E-state index contributed by atoms with van der Waals surface area (Å²) in [6.07, 6.45) is 0. The molecule has 1 amide bonds. The summed E-state index contributed by atoms with van der Waals surface area (Å²) in [5.41, 5.74) is 8.47. The molecule has 4 aromatic rings. The molecule has 2 N–H and O–H groups in total. The average molecular weight is 456 g/mol. The lowest BCUT2D eigenvalue weighted by Gasteiger charge is -2.08. The molecule has 4 rings (SSSR count). The minimum atomic E-state index is -0.0533. The molecule has 0 aliphatic heterocycles. The molecule has 0 spiro atoms. The summed E-state index contributed by atoms with van der Waals surface area (Å²) in [6, 6.07) is 24.8. The monoisotopic (exact) mass is 455 g/mol. The van der Waals surface area contributed by atoms with Gasteiger partial charge in [0.05, 0.1) is 17.1 Å². The van der Waals surface area contributed by atoms with E-state index in [9.17, 15) is 4.79 Å². The van der Waals surface area contributed by atoms with E-state index < -0.39 is 0 Å². The van der Waals surface area contributed by atoms with Crippen molar-refractivity contribution < 1.29 is 4.79 Å². The van der Waals surface area contributed by atoms with Crippen LogP contribution in [0.25, 0.3) is 22.5 Å². The highest BCUT2D eigenvalue weighted by Crippen LogP contribution is 2.33. The number of nitrogens with one attached hydrogen (secondary N) is 2. The molecular formula is C28H29N3OS. The number of amides is 1. The first-order valence-electron chi connectivity index (χ1n) is 11.2. The highest BCUT2D eigenvalue weighted by atomic mass is 32.2. The summed E-state index contributed by atoms with van der Waals surface area (Å²) < 4.78 is 0. The van der Waals surface area contributed by atoms with Crippen LogP contribution in [0.15, 0.2) is 78.0 Å². The molecule has 1 aromatic heterocycles. The fourth-order valence-corrected chi connectivity index (χ4v) is 4.22. The number of aryl methyl sites for hydroxylation is 2. The SMILES string of the molecule is Cc1ccc(-c2nc(SCC(=O)Nc3ccc(C(C)C)cc3)[nH]c2-c2ccc(C)cc2)cc1. The second kappa shape index (κ2) is 10.1. The molecule has 4 nitrogen and oxygen atoms in total. The average Bonchev–Trinajstić information content (AvgIpc) is 3.23. The summed E-state index contributed by atoms with van der Waals surface area (Å²) in [4.78, 5) is 20.8. The Bertz CT molecular complexity index is 1160. The minimum absolute atomic E-state index is 0.0533. The van der Waals surface area contributed by atoms with E-state index in [4.69, 9.17) is 4.98 Å². The fraction of sp³-hybridized carbons (Fsp3) is 0.214. The predicted molar refractivity (Wildman–Crippen MR) is 139 cm³/mol. The van der Waals surface area contributed by atoms with Crippen molar-refractivity contribution in [2.75, 3.05) is 11.1 Å². The van der Waals surface area contributed by atoms with Gasteiger partial charge in [-0.15, -0.1) is 0 Å². The number of anilines is 1. The minimum Gasteiger partial charge on any atom is -0.332 e. The number of benzene rings is 3. The van der Waals surface area contributed by atoms with E-state index in [-0.39, 0.29) is 11.7 Å². The number of hydrogen-bond donors (Lipinski definition) is 2. The summed E-state index contributed by atoms with van der Waals surface area (Å²) >= 11 is 1.41. The van der Waals surface area contributed by atoms with Gasteiger partial charge in [0.15, 0.2) is 5.16 Å². The van der Waals surface area contributed by atoms with E-state index in [0.717, 1.165) is 33.4 Å². The molecule has 3 aromatic carbocycles. The third kappa shape index (κ3) is 5.74. The molecule has 0 aliphatic carbocycles. The molecule has 1 heterocycles. The standard InChI is InChI=1S/C28H29N3OS/c1-18(2)21-13-15-24(16-14-21)29-25(32)17-33-28-30-26(22-9-5-19(3)6-10-22)27(31-28)23-11-7-20(4)8-12-23/h5-16,18H,17H2,1-4H3,(H,29,32)(H,30,31). The Balaban J connectivity index is 1.51. The Labute approximate surface area is 199 Å². The van der Waals surface area contributed by atoms with Crippen LogP contribution in [-0.2, 0) is 4.79 Å². The third-order valence-electron chi connectivity index (χ3n) is 5.55. The maximum Gasteiger partial charge on any atom is 0.234 e. The number of aromatic amines is 1. The summed E-state index contributed by atoms with van der Waals surface area (Å²) in [5, 5.41) is 3.70. The van der Waals surface area contributed by atoms with Crippen LogP contribution in [0.5, 0.6) is 0 Å².